The highest BCUT2D eigenvalue weighted by Gasteiger charge is 2.38. The van der Waals surface area contributed by atoms with Gasteiger partial charge in [-0.3, -0.25) is 59.0 Å². The predicted octanol–water partition coefficient (Wildman–Crippen LogP) is 17.5. The summed E-state index contributed by atoms with van der Waals surface area (Å²) >= 11 is 0. The summed E-state index contributed by atoms with van der Waals surface area (Å²) in [6.07, 6.45) is 2.44. The molecule has 0 aliphatic heterocycles. The van der Waals surface area contributed by atoms with Crippen molar-refractivity contribution in [1.82, 2.24) is 0 Å². The first-order chi connectivity index (χ1) is 52.0. The van der Waals surface area contributed by atoms with Gasteiger partial charge >= 0.3 is 91.1 Å². The van der Waals surface area contributed by atoms with Crippen LogP contribution in [-0.2, 0) is 155 Å². The summed E-state index contributed by atoms with van der Waals surface area (Å²) in [5.41, 5.74) is 0. The molecule has 678 valence electrons. The van der Waals surface area contributed by atoms with Crippen LogP contribution in [0.4, 0.5) is 0 Å². The molecule has 0 radical (unpaired) electrons. The van der Waals surface area contributed by atoms with Crippen molar-refractivity contribution in [3.05, 3.63) is 97.3 Å². The monoisotopic (exact) mass is 1900 g/mol. The van der Waals surface area contributed by atoms with Crippen LogP contribution in [0.15, 0.2) is 97.3 Å². The summed E-state index contributed by atoms with van der Waals surface area (Å²) in [4.78, 5) is 48.1. The molecule has 113 heavy (non-hydrogen) atoms. The fraction of sp³-hybridized carbons (Fsp3) is 0.700. The molecule has 0 aliphatic carbocycles. The molecule has 0 atom stereocenters. The highest BCUT2D eigenvalue weighted by atomic mass is 32.2. The van der Waals surface area contributed by atoms with E-state index in [-0.39, 0.29) is 57.2 Å². The molecule has 0 bridgehead atoms. The Morgan fingerprint density at radius 2 is 0.628 bits per heavy atom. The number of benzene rings is 2. The Morgan fingerprint density at radius 1 is 0.372 bits per heavy atom. The third kappa shape index (κ3) is 84.7. The number of allylic oxidation sites excluding steroid dienone is 1. The maximum Gasteiger partial charge on any atom is 0.360 e. The van der Waals surface area contributed by atoms with Crippen molar-refractivity contribution in [2.45, 2.75) is 111 Å². The molecule has 0 amide bonds. The van der Waals surface area contributed by atoms with E-state index in [1.54, 1.807) is 159 Å². The Kier molecular flexibility index (Phi) is 85.4. The lowest BCUT2D eigenvalue weighted by Crippen LogP contribution is -2.08. The van der Waals surface area contributed by atoms with Crippen molar-refractivity contribution >= 4 is 112 Å². The largest absolute Gasteiger partial charge is 0.372 e. The molecule has 2 aromatic carbocycles. The standard InChI is InChI=1S/C9H22O6P2.C8H11O3P.C7H15O3P.C6H15O6PS.C6H15O4P.C6H7O3P.C6H15O3P.C6H13O3P.C3H9O3P.C2H5O3P.CH5O3P/c1-5-12-16(10,13-6-2)9-17(11,14-7-3)15-8-4;1-10-12(9,11-2)8-6-4-3-5-7-8;1-4-7-11(8,9-5-2)10-6-3;1-4-10-13(7,11-5-2)6-12-14(3,8)9;1-4-9-11(7,6-8-3)10-5-2;7-10(8,9)6-4-2-1-3-5-6;2*1-4-8-10(7,6-3)9-5-2;1-5-7(3,4)6-2;1-2-6(3,4)5;1-5(2,3)4/h5-9H2,1-4H3;3-7H,1-2H3;4,7H,5-6H2,1-3H3;4-6H2,1-3H3;4-6H2,1-3H3;1-5H,(H2,7,8,9);4-6H2,1-3H3;6H,3-5H2,1-2H3;1-3H3;2H,1H2,(H2,3,4,5);1H3,(H2,2,3,4)/b;;7-4+;;;;;;;;. The molecule has 2 aromatic rings. The lowest BCUT2D eigenvalue weighted by molar-refractivity contribution is 0.167. The maximum atomic E-state index is 12.2. The minimum atomic E-state index is -4.02. The summed E-state index contributed by atoms with van der Waals surface area (Å²) in [7, 11) is -35.7. The molecule has 0 saturated heterocycles. The molecule has 53 heteroatoms. The average Bonchev–Trinajstić information content (AvgIpc) is 0.849. The smallest absolute Gasteiger partial charge is 0.360 e. The number of hydrogen-bond acceptors (Lipinski definition) is 34. The summed E-state index contributed by atoms with van der Waals surface area (Å²) in [5.74, 6) is 2.95. The van der Waals surface area contributed by atoms with Gasteiger partial charge in [-0.05, 0) is 128 Å². The molecule has 40 nitrogen and oxygen atoms in total. The van der Waals surface area contributed by atoms with E-state index in [2.05, 4.69) is 26.4 Å². The first-order valence-corrected chi connectivity index (χ1v) is 56.7. The molecule has 0 spiro atoms. The fourth-order valence-electron chi connectivity index (χ4n) is 5.94. The van der Waals surface area contributed by atoms with Crippen molar-refractivity contribution in [2.75, 3.05) is 172 Å². The maximum absolute atomic E-state index is 12.2. The second kappa shape index (κ2) is 74.0. The van der Waals surface area contributed by atoms with E-state index in [4.69, 9.17) is 106 Å². The van der Waals surface area contributed by atoms with E-state index < -0.39 is 108 Å². The molecule has 0 aliphatic rings. The van der Waals surface area contributed by atoms with Gasteiger partial charge in [0, 0.05) is 72.5 Å². The summed E-state index contributed by atoms with van der Waals surface area (Å²) in [6, 6.07) is 16.6. The molecular weight excluding hydrogens is 1760 g/mol. The van der Waals surface area contributed by atoms with Crippen LogP contribution in [0.1, 0.15) is 111 Å². The molecule has 0 fully saturated rings. The van der Waals surface area contributed by atoms with Gasteiger partial charge in [-0.1, -0.05) is 62.6 Å². The van der Waals surface area contributed by atoms with Gasteiger partial charge in [0.05, 0.1) is 109 Å². The van der Waals surface area contributed by atoms with Crippen molar-refractivity contribution in [3.63, 3.8) is 0 Å². The van der Waals surface area contributed by atoms with Gasteiger partial charge in [-0.2, -0.15) is 8.42 Å². The average molecular weight is 1900 g/mol. The number of methoxy groups -OCH3 is 1. The zero-order valence-corrected chi connectivity index (χ0v) is 81.1. The van der Waals surface area contributed by atoms with Crippen LogP contribution in [0, 0.1) is 0 Å². The SMILES string of the molecule is C/C=C/P(=O)(OCC)OCC.C=CP(=O)(O)O.C=CP(=O)(OCC)OCC.CCOP(=O)(CC)OCC.CCOP(=O)(COC)OCC.CCOP(=O)(COS(C)(=O)=O)OCC.CCOP(=O)(CP(=O)(OCC)OCC)OCC.COP(=O)(OC)c1ccccc1.COP(C)(=O)OC.CP(=O)(O)O.O=P(O)(O)c1ccccc1. The van der Waals surface area contributed by atoms with E-state index in [1.807, 2.05) is 6.07 Å². The van der Waals surface area contributed by atoms with Gasteiger partial charge in [0.25, 0.3) is 10.1 Å². The van der Waals surface area contributed by atoms with Crippen LogP contribution in [0.2, 0.25) is 0 Å². The second-order valence-corrected chi connectivity index (χ2v) is 45.1. The molecule has 2 rings (SSSR count). The van der Waals surface area contributed by atoms with Crippen molar-refractivity contribution in [1.29, 1.82) is 0 Å². The number of rotatable bonds is 45. The van der Waals surface area contributed by atoms with E-state index in [1.165, 1.54) is 66.0 Å². The zero-order chi connectivity index (χ0) is 90.4. The highest BCUT2D eigenvalue weighted by molar-refractivity contribution is 7.86. The topological polar surface area (TPSA) is 545 Å². The molecular formula is C60H132O40P12S. The van der Waals surface area contributed by atoms with E-state index >= 15 is 0 Å². The Hall–Kier alpha value is -0.670. The van der Waals surface area contributed by atoms with Gasteiger partial charge in [0.1, 0.15) is 6.35 Å². The summed E-state index contributed by atoms with van der Waals surface area (Å²) in [5, 5.41) is 0.644. The highest BCUT2D eigenvalue weighted by Crippen LogP contribution is 2.64. The quantitative estimate of drug-likeness (QED) is 0.0265. The Balaban J connectivity index is -0.000000152. The summed E-state index contributed by atoms with van der Waals surface area (Å²) < 4.78 is 251. The third-order valence-corrected chi connectivity index (χ3v) is 30.1. The third-order valence-electron chi connectivity index (χ3n) is 10.0. The molecule has 0 saturated carbocycles. The van der Waals surface area contributed by atoms with E-state index in [9.17, 15) is 63.2 Å². The van der Waals surface area contributed by atoms with Gasteiger partial charge in [-0.25, -0.2) is 0 Å². The van der Waals surface area contributed by atoms with Gasteiger partial charge in [0.15, 0.2) is 12.3 Å². The van der Waals surface area contributed by atoms with Crippen molar-refractivity contribution in [3.8, 4) is 0 Å². The number of hydrogen-bond donors (Lipinski definition) is 6. The number of ether oxygens (including phenoxy) is 1. The normalized spacial score (nSPS) is 12.1. The van der Waals surface area contributed by atoms with Gasteiger partial charge < -0.3 is 116 Å². The lowest BCUT2D eigenvalue weighted by atomic mass is 10.4. The van der Waals surface area contributed by atoms with Crippen LogP contribution >= 0.6 is 91.1 Å². The zero-order valence-electron chi connectivity index (χ0n) is 69.6. The molecule has 0 aromatic heterocycles. The lowest BCUT2D eigenvalue weighted by Gasteiger charge is -2.22. The van der Waals surface area contributed by atoms with Crippen LogP contribution in [-0.4, -0.2) is 210 Å². The van der Waals surface area contributed by atoms with Crippen LogP contribution < -0.4 is 10.6 Å². The molecule has 0 unspecified atom stereocenters. The fourth-order valence-corrected chi connectivity index (χ4v) is 19.7. The Morgan fingerprint density at radius 3 is 0.823 bits per heavy atom. The van der Waals surface area contributed by atoms with Gasteiger partial charge in [-0.15, -0.1) is 0 Å². The van der Waals surface area contributed by atoms with Crippen molar-refractivity contribution < 1.29 is 183 Å². The van der Waals surface area contributed by atoms with Gasteiger partial charge in [0.2, 0.25) is 0 Å². The van der Waals surface area contributed by atoms with Crippen LogP contribution in [0.3, 0.4) is 0 Å². The predicted molar refractivity (Wildman–Crippen MR) is 443 cm³/mol. The van der Waals surface area contributed by atoms with E-state index in [0.717, 1.165) is 12.9 Å². The summed E-state index contributed by atoms with van der Waals surface area (Å²) in [6.45, 7) is 40.8. The Labute approximate surface area is 671 Å². The van der Waals surface area contributed by atoms with Crippen molar-refractivity contribution in [2.24, 2.45) is 0 Å². The minimum absolute atomic E-state index is 0.0225. The van der Waals surface area contributed by atoms with E-state index in [0.29, 0.717) is 70.1 Å². The Bertz CT molecular complexity index is 3290. The molecule has 6 N–H and O–H groups in total. The van der Waals surface area contributed by atoms with Crippen LogP contribution in [0.5, 0.6) is 0 Å². The molecule has 0 heterocycles. The minimum Gasteiger partial charge on any atom is -0.372 e. The first kappa shape index (κ1) is 130. The van der Waals surface area contributed by atoms with Crippen LogP contribution in [0.25, 0.3) is 0 Å². The first-order valence-electron chi connectivity index (χ1n) is 34.1. The second-order valence-electron chi connectivity index (χ2n) is 19.3.